The first-order valence-corrected chi connectivity index (χ1v) is 9.53. The van der Waals surface area contributed by atoms with Crippen molar-refractivity contribution >= 4 is 11.3 Å². The Balaban J connectivity index is 1.74. The summed E-state index contributed by atoms with van der Waals surface area (Å²) >= 11 is 1.83. The Morgan fingerprint density at radius 2 is 1.95 bits per heavy atom. The number of rotatable bonds is 8. The van der Waals surface area contributed by atoms with Gasteiger partial charge in [-0.3, -0.25) is 0 Å². The fourth-order valence-electron chi connectivity index (χ4n) is 3.16. The van der Waals surface area contributed by atoms with E-state index in [0.717, 1.165) is 24.0 Å². The Morgan fingerprint density at radius 3 is 2.62 bits per heavy atom. The van der Waals surface area contributed by atoms with Gasteiger partial charge < -0.3 is 5.32 Å². The molecule has 2 rings (SSSR count). The molecule has 1 heterocycles. The monoisotopic (exact) mass is 309 g/mol. The summed E-state index contributed by atoms with van der Waals surface area (Å²) in [6.45, 7) is 8.69. The molecule has 1 N–H and O–H groups in total. The summed E-state index contributed by atoms with van der Waals surface area (Å²) in [7, 11) is 0. The highest BCUT2D eigenvalue weighted by atomic mass is 32.1. The van der Waals surface area contributed by atoms with E-state index in [-0.39, 0.29) is 0 Å². The quantitative estimate of drug-likeness (QED) is 0.753. The highest BCUT2D eigenvalue weighted by Gasteiger charge is 2.24. The first-order valence-electron chi connectivity index (χ1n) is 8.72. The van der Waals surface area contributed by atoms with Crippen molar-refractivity contribution in [3.8, 4) is 0 Å². The maximum absolute atomic E-state index is 4.45. The third-order valence-corrected chi connectivity index (χ3v) is 5.56. The normalized spacial score (nSPS) is 22.9. The van der Waals surface area contributed by atoms with Crippen LogP contribution in [0.15, 0.2) is 0 Å². The van der Waals surface area contributed by atoms with Crippen molar-refractivity contribution in [1.82, 2.24) is 15.5 Å². The van der Waals surface area contributed by atoms with Crippen LogP contribution in [0, 0.1) is 11.8 Å². The summed E-state index contributed by atoms with van der Waals surface area (Å²) in [4.78, 5) is 0. The predicted molar refractivity (Wildman–Crippen MR) is 90.7 cm³/mol. The molecule has 1 saturated carbocycles. The molecule has 4 heteroatoms. The molecule has 3 nitrogen and oxygen atoms in total. The third-order valence-electron chi connectivity index (χ3n) is 4.47. The van der Waals surface area contributed by atoms with Gasteiger partial charge in [0.2, 0.25) is 0 Å². The van der Waals surface area contributed by atoms with Crippen LogP contribution in [0.25, 0.3) is 0 Å². The molecular formula is C17H31N3S. The van der Waals surface area contributed by atoms with Crippen LogP contribution in [0.2, 0.25) is 0 Å². The van der Waals surface area contributed by atoms with Gasteiger partial charge in [0.15, 0.2) is 0 Å². The molecule has 0 aromatic carbocycles. The van der Waals surface area contributed by atoms with E-state index in [2.05, 4.69) is 36.3 Å². The van der Waals surface area contributed by atoms with E-state index in [9.17, 15) is 0 Å². The van der Waals surface area contributed by atoms with Crippen molar-refractivity contribution in [2.45, 2.75) is 78.2 Å². The second kappa shape index (κ2) is 8.84. The van der Waals surface area contributed by atoms with Crippen LogP contribution in [0.4, 0.5) is 0 Å². The van der Waals surface area contributed by atoms with Crippen LogP contribution in [0.1, 0.15) is 81.7 Å². The van der Waals surface area contributed by atoms with Gasteiger partial charge in [-0.05, 0) is 44.1 Å². The largest absolute Gasteiger partial charge is 0.310 e. The van der Waals surface area contributed by atoms with Crippen molar-refractivity contribution in [3.63, 3.8) is 0 Å². The van der Waals surface area contributed by atoms with E-state index in [0.29, 0.717) is 11.8 Å². The van der Waals surface area contributed by atoms with Gasteiger partial charge in [-0.15, -0.1) is 10.2 Å². The Morgan fingerprint density at radius 1 is 1.19 bits per heavy atom. The molecule has 0 bridgehead atoms. The van der Waals surface area contributed by atoms with E-state index in [1.165, 1.54) is 50.0 Å². The van der Waals surface area contributed by atoms with Crippen LogP contribution in [0.5, 0.6) is 0 Å². The second-order valence-corrected chi connectivity index (χ2v) is 8.01. The summed E-state index contributed by atoms with van der Waals surface area (Å²) in [5, 5.41) is 14.7. The fraction of sp³-hybridized carbons (Fsp3) is 0.882. The number of unbranched alkanes of at least 4 members (excludes halogenated alkanes) is 1. The molecule has 0 aliphatic heterocycles. The van der Waals surface area contributed by atoms with Crippen LogP contribution < -0.4 is 5.32 Å². The highest BCUT2D eigenvalue weighted by Crippen LogP contribution is 2.38. The van der Waals surface area contributed by atoms with E-state index < -0.39 is 0 Å². The van der Waals surface area contributed by atoms with Gasteiger partial charge in [0.05, 0.1) is 0 Å². The van der Waals surface area contributed by atoms with Crippen LogP contribution >= 0.6 is 11.3 Å². The van der Waals surface area contributed by atoms with Gasteiger partial charge >= 0.3 is 0 Å². The number of nitrogens with zero attached hydrogens (tertiary/aromatic N) is 2. The number of hydrogen-bond donors (Lipinski definition) is 1. The molecule has 1 fully saturated rings. The van der Waals surface area contributed by atoms with Crippen molar-refractivity contribution in [2.24, 2.45) is 11.8 Å². The van der Waals surface area contributed by atoms with E-state index in [4.69, 9.17) is 0 Å². The minimum atomic E-state index is 0.680. The lowest BCUT2D eigenvalue weighted by Crippen LogP contribution is -2.18. The molecule has 1 aliphatic rings. The topological polar surface area (TPSA) is 37.8 Å². The lowest BCUT2D eigenvalue weighted by atomic mass is 9.80. The lowest BCUT2D eigenvalue weighted by Gasteiger charge is -2.26. The maximum atomic E-state index is 4.45. The number of nitrogens with one attached hydrogen (secondary N) is 1. The van der Waals surface area contributed by atoms with Gasteiger partial charge in [-0.1, -0.05) is 51.4 Å². The first kappa shape index (κ1) is 16.9. The molecule has 0 spiro atoms. The van der Waals surface area contributed by atoms with Crippen molar-refractivity contribution < 1.29 is 0 Å². The standard InChI is InChI=1S/C17H31N3S/c1-4-5-6-14-7-9-15(10-8-14)17-20-19-16(21-17)12-18-11-13(2)3/h13-15,18H,4-12H2,1-3H3. The average molecular weight is 310 g/mol. The molecule has 1 aliphatic carbocycles. The highest BCUT2D eigenvalue weighted by molar-refractivity contribution is 7.11. The minimum Gasteiger partial charge on any atom is -0.310 e. The third kappa shape index (κ3) is 5.67. The molecule has 0 amide bonds. The Labute approximate surface area is 133 Å². The zero-order chi connectivity index (χ0) is 15.1. The fourth-order valence-corrected chi connectivity index (χ4v) is 4.14. The zero-order valence-electron chi connectivity index (χ0n) is 13.9. The number of hydrogen-bond acceptors (Lipinski definition) is 4. The zero-order valence-corrected chi connectivity index (χ0v) is 14.7. The van der Waals surface area contributed by atoms with Crippen LogP contribution in [0.3, 0.4) is 0 Å². The van der Waals surface area contributed by atoms with Gasteiger partial charge in [-0.25, -0.2) is 0 Å². The minimum absolute atomic E-state index is 0.680. The van der Waals surface area contributed by atoms with Crippen LogP contribution in [-0.4, -0.2) is 16.7 Å². The molecule has 0 atom stereocenters. The summed E-state index contributed by atoms with van der Waals surface area (Å²) < 4.78 is 0. The molecule has 0 unspecified atom stereocenters. The molecule has 1 aromatic rings. The van der Waals surface area contributed by atoms with E-state index in [1.807, 2.05) is 11.3 Å². The molecule has 21 heavy (non-hydrogen) atoms. The van der Waals surface area contributed by atoms with E-state index in [1.54, 1.807) is 0 Å². The summed E-state index contributed by atoms with van der Waals surface area (Å²) in [5.74, 6) is 2.34. The molecule has 1 aromatic heterocycles. The second-order valence-electron chi connectivity index (χ2n) is 6.92. The maximum Gasteiger partial charge on any atom is 0.131 e. The predicted octanol–water partition coefficient (Wildman–Crippen LogP) is 4.75. The SMILES string of the molecule is CCCCC1CCC(c2nnc(CNCC(C)C)s2)CC1. The first-order chi connectivity index (χ1) is 10.2. The molecule has 0 saturated heterocycles. The van der Waals surface area contributed by atoms with Gasteiger partial charge in [0.1, 0.15) is 10.0 Å². The van der Waals surface area contributed by atoms with Crippen molar-refractivity contribution in [3.05, 3.63) is 10.0 Å². The van der Waals surface area contributed by atoms with Crippen LogP contribution in [-0.2, 0) is 6.54 Å². The smallest absolute Gasteiger partial charge is 0.131 e. The van der Waals surface area contributed by atoms with Gasteiger partial charge in [0.25, 0.3) is 0 Å². The summed E-state index contributed by atoms with van der Waals surface area (Å²) in [6.07, 6.45) is 9.60. The Bertz CT molecular complexity index is 394. The van der Waals surface area contributed by atoms with Crippen molar-refractivity contribution in [2.75, 3.05) is 6.54 Å². The Kier molecular flexibility index (Phi) is 7.11. The molecule has 0 radical (unpaired) electrons. The average Bonchev–Trinajstić information content (AvgIpc) is 2.94. The van der Waals surface area contributed by atoms with E-state index >= 15 is 0 Å². The molecular weight excluding hydrogens is 278 g/mol. The van der Waals surface area contributed by atoms with Gasteiger partial charge in [-0.2, -0.15) is 0 Å². The molecule has 120 valence electrons. The van der Waals surface area contributed by atoms with Gasteiger partial charge in [0, 0.05) is 12.5 Å². The summed E-state index contributed by atoms with van der Waals surface area (Å²) in [5.41, 5.74) is 0. The van der Waals surface area contributed by atoms with Crippen molar-refractivity contribution in [1.29, 1.82) is 0 Å². The lowest BCUT2D eigenvalue weighted by molar-refractivity contribution is 0.303. The Hall–Kier alpha value is -0.480. The number of aromatic nitrogens is 2. The summed E-state index contributed by atoms with van der Waals surface area (Å²) in [6, 6.07) is 0.